The lowest BCUT2D eigenvalue weighted by atomic mass is 9.96. The molecule has 1 aliphatic rings. The summed E-state index contributed by atoms with van der Waals surface area (Å²) in [6.45, 7) is 3.75. The maximum absolute atomic E-state index is 13.0. The van der Waals surface area contributed by atoms with Crippen molar-refractivity contribution >= 4 is 11.6 Å². The number of nitrogens with two attached hydrogens (primary N) is 1. The lowest BCUT2D eigenvalue weighted by Crippen LogP contribution is -2.32. The molecule has 1 amide bonds. The summed E-state index contributed by atoms with van der Waals surface area (Å²) in [5.74, 6) is 0.251. The first-order chi connectivity index (χ1) is 9.61. The smallest absolute Gasteiger partial charge is 0.255 e. The maximum atomic E-state index is 13.0. The fraction of sp³-hybridized carbons (Fsp3) is 0.562. The van der Waals surface area contributed by atoms with Gasteiger partial charge in [0.15, 0.2) is 0 Å². The molecule has 1 aromatic carbocycles. The number of benzene rings is 1. The predicted molar refractivity (Wildman–Crippen MR) is 79.0 cm³/mol. The van der Waals surface area contributed by atoms with Crippen molar-refractivity contribution in [3.8, 4) is 0 Å². The fourth-order valence-electron chi connectivity index (χ4n) is 2.96. The van der Waals surface area contributed by atoms with E-state index in [1.807, 2.05) is 4.90 Å². The summed E-state index contributed by atoms with van der Waals surface area (Å²) in [5, 5.41) is 0. The third kappa shape index (κ3) is 3.50. The molecule has 1 fully saturated rings. The van der Waals surface area contributed by atoms with Crippen molar-refractivity contribution < 1.29 is 9.18 Å². The zero-order valence-corrected chi connectivity index (χ0v) is 12.1. The topological polar surface area (TPSA) is 46.3 Å². The number of anilines is 1. The van der Waals surface area contributed by atoms with Gasteiger partial charge in [-0.3, -0.25) is 4.79 Å². The Bertz CT molecular complexity index is 476. The van der Waals surface area contributed by atoms with E-state index in [0.29, 0.717) is 5.56 Å². The maximum Gasteiger partial charge on any atom is 0.255 e. The van der Waals surface area contributed by atoms with Crippen LogP contribution in [-0.4, -0.2) is 23.9 Å². The quantitative estimate of drug-likeness (QED) is 0.861. The highest BCUT2D eigenvalue weighted by molar-refractivity contribution is 5.99. The van der Waals surface area contributed by atoms with Gasteiger partial charge in [-0.05, 0) is 43.4 Å². The van der Waals surface area contributed by atoms with Crippen molar-refractivity contribution in [1.82, 2.24) is 4.90 Å². The van der Waals surface area contributed by atoms with E-state index in [1.54, 1.807) is 0 Å². The molecule has 1 aliphatic heterocycles. The number of carbonyl (C=O) groups is 1. The van der Waals surface area contributed by atoms with Crippen molar-refractivity contribution in [2.45, 2.75) is 39.0 Å². The minimum atomic E-state index is -0.405. The van der Waals surface area contributed by atoms with Gasteiger partial charge < -0.3 is 10.6 Å². The Balaban J connectivity index is 2.05. The van der Waals surface area contributed by atoms with Crippen molar-refractivity contribution in [2.75, 3.05) is 18.8 Å². The van der Waals surface area contributed by atoms with Crippen molar-refractivity contribution in [2.24, 2.45) is 5.92 Å². The number of hydrogen-bond donors (Lipinski definition) is 1. The molecule has 3 nitrogen and oxygen atoms in total. The number of hydrogen-bond acceptors (Lipinski definition) is 2. The summed E-state index contributed by atoms with van der Waals surface area (Å²) >= 11 is 0. The van der Waals surface area contributed by atoms with Crippen molar-refractivity contribution in [3.63, 3.8) is 0 Å². The molecule has 110 valence electrons. The van der Waals surface area contributed by atoms with E-state index >= 15 is 0 Å². The molecule has 4 heteroatoms. The Labute approximate surface area is 120 Å². The molecule has 2 rings (SSSR count). The molecule has 1 heterocycles. The second kappa shape index (κ2) is 6.73. The number of nitrogen functional groups attached to an aromatic ring is 1. The monoisotopic (exact) mass is 278 g/mol. The zero-order chi connectivity index (χ0) is 14.5. The van der Waals surface area contributed by atoms with E-state index in [9.17, 15) is 9.18 Å². The second-order valence-electron chi connectivity index (χ2n) is 5.61. The van der Waals surface area contributed by atoms with Gasteiger partial charge in [0.1, 0.15) is 5.82 Å². The highest BCUT2D eigenvalue weighted by atomic mass is 19.1. The third-order valence-electron chi connectivity index (χ3n) is 4.08. The molecule has 1 saturated heterocycles. The molecule has 0 aromatic heterocycles. The normalized spacial score (nSPS) is 19.7. The van der Waals surface area contributed by atoms with Gasteiger partial charge in [0.25, 0.3) is 5.91 Å². The van der Waals surface area contributed by atoms with Gasteiger partial charge in [0.05, 0.1) is 5.56 Å². The van der Waals surface area contributed by atoms with Crippen LogP contribution in [0.2, 0.25) is 0 Å². The molecule has 2 N–H and O–H groups in total. The van der Waals surface area contributed by atoms with Crippen molar-refractivity contribution in [3.05, 3.63) is 29.6 Å². The van der Waals surface area contributed by atoms with Crippen LogP contribution in [0.5, 0.6) is 0 Å². The van der Waals surface area contributed by atoms with Crippen LogP contribution in [0, 0.1) is 11.7 Å². The lowest BCUT2D eigenvalue weighted by molar-refractivity contribution is 0.0761. The Hall–Kier alpha value is -1.58. The third-order valence-corrected chi connectivity index (χ3v) is 4.08. The SMILES string of the molecule is CCCC1CCCN(C(=O)c2ccc(F)cc2N)CC1. The predicted octanol–water partition coefficient (Wildman–Crippen LogP) is 3.45. The molecule has 0 bridgehead atoms. The van der Waals surface area contributed by atoms with Gasteiger partial charge in [-0.25, -0.2) is 4.39 Å². The number of halogens is 1. The number of nitrogens with zero attached hydrogens (tertiary/aromatic N) is 1. The summed E-state index contributed by atoms with van der Waals surface area (Å²) in [6, 6.07) is 3.99. The van der Waals surface area contributed by atoms with Crippen LogP contribution in [0.3, 0.4) is 0 Å². The molecule has 0 saturated carbocycles. The van der Waals surface area contributed by atoms with Crippen LogP contribution >= 0.6 is 0 Å². The molecule has 0 spiro atoms. The van der Waals surface area contributed by atoms with Crippen LogP contribution < -0.4 is 5.73 Å². The first kappa shape index (κ1) is 14.8. The van der Waals surface area contributed by atoms with Crippen LogP contribution in [-0.2, 0) is 0 Å². The molecule has 1 atom stereocenters. The Kier molecular flexibility index (Phi) is 4.99. The molecular formula is C16H23FN2O. The van der Waals surface area contributed by atoms with Gasteiger partial charge in [-0.2, -0.15) is 0 Å². The molecule has 1 unspecified atom stereocenters. The average Bonchev–Trinajstić information content (AvgIpc) is 2.64. The summed E-state index contributed by atoms with van der Waals surface area (Å²) in [4.78, 5) is 14.3. The minimum Gasteiger partial charge on any atom is -0.398 e. The first-order valence-corrected chi connectivity index (χ1v) is 7.46. The van der Waals surface area contributed by atoms with Gasteiger partial charge >= 0.3 is 0 Å². The number of likely N-dealkylation sites (tertiary alicyclic amines) is 1. The molecule has 20 heavy (non-hydrogen) atoms. The highest BCUT2D eigenvalue weighted by Gasteiger charge is 2.22. The Morgan fingerprint density at radius 1 is 1.40 bits per heavy atom. The molecule has 1 aromatic rings. The number of rotatable bonds is 3. The minimum absolute atomic E-state index is 0.0698. The highest BCUT2D eigenvalue weighted by Crippen LogP contribution is 2.24. The zero-order valence-electron chi connectivity index (χ0n) is 12.1. The fourth-order valence-corrected chi connectivity index (χ4v) is 2.96. The van der Waals surface area contributed by atoms with Crippen LogP contribution in [0.1, 0.15) is 49.4 Å². The van der Waals surface area contributed by atoms with Gasteiger partial charge in [0, 0.05) is 18.8 Å². The first-order valence-electron chi connectivity index (χ1n) is 7.46. The molecule has 0 radical (unpaired) electrons. The Morgan fingerprint density at radius 3 is 2.90 bits per heavy atom. The van der Waals surface area contributed by atoms with Gasteiger partial charge in [-0.15, -0.1) is 0 Å². The Morgan fingerprint density at radius 2 is 2.20 bits per heavy atom. The average molecular weight is 278 g/mol. The summed E-state index contributed by atoms with van der Waals surface area (Å²) < 4.78 is 13.0. The number of amides is 1. The van der Waals surface area contributed by atoms with E-state index < -0.39 is 5.82 Å². The van der Waals surface area contributed by atoms with Crippen LogP contribution in [0.15, 0.2) is 18.2 Å². The van der Waals surface area contributed by atoms with Crippen molar-refractivity contribution in [1.29, 1.82) is 0 Å². The van der Waals surface area contributed by atoms with E-state index in [0.717, 1.165) is 31.8 Å². The summed E-state index contributed by atoms with van der Waals surface area (Å²) in [7, 11) is 0. The van der Waals surface area contributed by atoms with Crippen LogP contribution in [0.4, 0.5) is 10.1 Å². The van der Waals surface area contributed by atoms with Crippen LogP contribution in [0.25, 0.3) is 0 Å². The lowest BCUT2D eigenvalue weighted by Gasteiger charge is -2.21. The van der Waals surface area contributed by atoms with E-state index in [4.69, 9.17) is 5.73 Å². The number of carbonyl (C=O) groups excluding carboxylic acids is 1. The summed E-state index contributed by atoms with van der Waals surface area (Å²) in [5.41, 5.74) is 6.40. The molecular weight excluding hydrogens is 255 g/mol. The van der Waals surface area contributed by atoms with Gasteiger partial charge in [-0.1, -0.05) is 19.8 Å². The standard InChI is InChI=1S/C16H23FN2O/c1-2-4-12-5-3-9-19(10-8-12)16(20)14-7-6-13(17)11-15(14)18/h6-7,11-12H,2-5,8-10,18H2,1H3. The summed E-state index contributed by atoms with van der Waals surface area (Å²) in [6.07, 6.45) is 5.72. The molecule has 0 aliphatic carbocycles. The second-order valence-corrected chi connectivity index (χ2v) is 5.61. The van der Waals surface area contributed by atoms with E-state index in [2.05, 4.69) is 6.92 Å². The largest absolute Gasteiger partial charge is 0.398 e. The van der Waals surface area contributed by atoms with E-state index in [1.165, 1.54) is 37.5 Å². The van der Waals surface area contributed by atoms with Gasteiger partial charge in [0.2, 0.25) is 0 Å². The van der Waals surface area contributed by atoms with E-state index in [-0.39, 0.29) is 11.6 Å².